The normalized spacial score (nSPS) is 16.1. The molecule has 0 atom stereocenters. The molecule has 0 bridgehead atoms. The SMILES string of the molecule is [CH]CCCCCCCN1CC=C(c2ncccn2)CC1. The van der Waals surface area contributed by atoms with E-state index in [9.17, 15) is 0 Å². The van der Waals surface area contributed by atoms with Gasteiger partial charge in [-0.2, -0.15) is 0 Å². The Hall–Kier alpha value is -1.22. The lowest BCUT2D eigenvalue weighted by Crippen LogP contribution is -2.29. The van der Waals surface area contributed by atoms with Crippen LogP contribution in [0.1, 0.15) is 50.8 Å². The van der Waals surface area contributed by atoms with Gasteiger partial charge >= 0.3 is 0 Å². The number of aromatic nitrogens is 2. The smallest absolute Gasteiger partial charge is 0.154 e. The van der Waals surface area contributed by atoms with Crippen LogP contribution in [0.2, 0.25) is 0 Å². The lowest BCUT2D eigenvalue weighted by Gasteiger charge is -2.25. The Bertz CT molecular complexity index is 400. The van der Waals surface area contributed by atoms with Crippen LogP contribution in [-0.2, 0) is 0 Å². The number of nitrogens with zero attached hydrogens (tertiary/aromatic N) is 3. The van der Waals surface area contributed by atoms with Crippen LogP contribution in [0, 0.1) is 6.92 Å². The molecule has 3 heteroatoms. The molecule has 1 aliphatic rings. The molecule has 1 aromatic rings. The third-order valence-electron chi connectivity index (χ3n) is 3.82. The minimum absolute atomic E-state index is 0.835. The lowest BCUT2D eigenvalue weighted by atomic mass is 10.1. The van der Waals surface area contributed by atoms with Crippen molar-refractivity contribution in [2.45, 2.75) is 44.9 Å². The topological polar surface area (TPSA) is 29.0 Å². The van der Waals surface area contributed by atoms with Gasteiger partial charge in [0.1, 0.15) is 0 Å². The Morgan fingerprint density at radius 1 is 1.05 bits per heavy atom. The van der Waals surface area contributed by atoms with E-state index in [2.05, 4.69) is 20.9 Å². The molecule has 1 aromatic heterocycles. The average Bonchev–Trinajstić information content (AvgIpc) is 2.52. The lowest BCUT2D eigenvalue weighted by molar-refractivity contribution is 0.293. The van der Waals surface area contributed by atoms with Crippen LogP contribution in [0.15, 0.2) is 24.5 Å². The van der Waals surface area contributed by atoms with Crippen molar-refractivity contribution in [2.75, 3.05) is 19.6 Å². The fraction of sp³-hybridized carbons (Fsp3) is 0.588. The second-order valence-electron chi connectivity index (χ2n) is 5.41. The molecule has 20 heavy (non-hydrogen) atoms. The van der Waals surface area contributed by atoms with Crippen LogP contribution in [0.3, 0.4) is 0 Å². The molecular weight excluding hydrogens is 246 g/mol. The zero-order valence-electron chi connectivity index (χ0n) is 12.3. The fourth-order valence-electron chi connectivity index (χ4n) is 2.59. The first kappa shape index (κ1) is 15.2. The van der Waals surface area contributed by atoms with Gasteiger partial charge < -0.3 is 0 Å². The van der Waals surface area contributed by atoms with Gasteiger partial charge in [0.15, 0.2) is 5.82 Å². The Morgan fingerprint density at radius 3 is 2.50 bits per heavy atom. The minimum Gasteiger partial charge on any atom is -0.299 e. The third kappa shape index (κ3) is 5.04. The fourth-order valence-corrected chi connectivity index (χ4v) is 2.59. The predicted octanol–water partition coefficient (Wildman–Crippen LogP) is 3.62. The predicted molar refractivity (Wildman–Crippen MR) is 83.1 cm³/mol. The van der Waals surface area contributed by atoms with E-state index in [-0.39, 0.29) is 0 Å². The highest BCUT2D eigenvalue weighted by molar-refractivity contribution is 5.60. The second kappa shape index (κ2) is 8.85. The molecule has 2 heterocycles. The van der Waals surface area contributed by atoms with E-state index in [4.69, 9.17) is 6.92 Å². The number of unbranched alkanes of at least 4 members (excludes halogenated alkanes) is 5. The van der Waals surface area contributed by atoms with Crippen LogP contribution in [0.4, 0.5) is 0 Å². The summed E-state index contributed by atoms with van der Waals surface area (Å²) < 4.78 is 0. The Morgan fingerprint density at radius 2 is 1.80 bits per heavy atom. The quantitative estimate of drug-likeness (QED) is 0.676. The van der Waals surface area contributed by atoms with E-state index in [0.29, 0.717) is 0 Å². The van der Waals surface area contributed by atoms with Gasteiger partial charge in [0.05, 0.1) is 0 Å². The minimum atomic E-state index is 0.835. The Labute approximate surface area is 123 Å². The summed E-state index contributed by atoms with van der Waals surface area (Å²) in [6.07, 6.45) is 14.2. The molecule has 108 valence electrons. The summed E-state index contributed by atoms with van der Waals surface area (Å²) in [4.78, 5) is 11.2. The zero-order valence-corrected chi connectivity index (χ0v) is 12.3. The van der Waals surface area contributed by atoms with E-state index in [1.54, 1.807) is 0 Å². The summed E-state index contributed by atoms with van der Waals surface area (Å²) >= 11 is 0. The molecule has 0 saturated heterocycles. The molecule has 0 spiro atoms. The van der Waals surface area contributed by atoms with Gasteiger partial charge in [0, 0.05) is 25.5 Å². The average molecular weight is 271 g/mol. The van der Waals surface area contributed by atoms with Crippen molar-refractivity contribution in [2.24, 2.45) is 0 Å². The molecule has 3 nitrogen and oxygen atoms in total. The molecule has 0 fully saturated rings. The summed E-state index contributed by atoms with van der Waals surface area (Å²) in [5.41, 5.74) is 1.30. The van der Waals surface area contributed by atoms with Gasteiger partial charge in [-0.25, -0.2) is 9.97 Å². The van der Waals surface area contributed by atoms with E-state index < -0.39 is 0 Å². The standard InChI is InChI=1S/C17H25N3/c1-2-3-4-5-6-7-13-20-14-9-16(10-15-20)17-18-11-8-12-19-17/h1,8-9,11-12H,2-7,10,13-15H2. The molecule has 2 radical (unpaired) electrons. The van der Waals surface area contributed by atoms with Crippen molar-refractivity contribution < 1.29 is 0 Å². The third-order valence-corrected chi connectivity index (χ3v) is 3.82. The molecule has 0 amide bonds. The van der Waals surface area contributed by atoms with E-state index >= 15 is 0 Å². The summed E-state index contributed by atoms with van der Waals surface area (Å²) in [5.74, 6) is 0.897. The second-order valence-corrected chi connectivity index (χ2v) is 5.41. The zero-order chi connectivity index (χ0) is 14.0. The monoisotopic (exact) mass is 271 g/mol. The van der Waals surface area contributed by atoms with Crippen LogP contribution in [-0.4, -0.2) is 34.5 Å². The first-order chi connectivity index (χ1) is 9.90. The van der Waals surface area contributed by atoms with Gasteiger partial charge in [0.25, 0.3) is 0 Å². The molecule has 0 aliphatic carbocycles. The van der Waals surface area contributed by atoms with Crippen molar-refractivity contribution in [3.05, 3.63) is 37.3 Å². The van der Waals surface area contributed by atoms with Crippen molar-refractivity contribution in [3.8, 4) is 0 Å². The highest BCUT2D eigenvalue weighted by Crippen LogP contribution is 2.19. The Balaban J connectivity index is 1.65. The Kier molecular flexibility index (Phi) is 6.72. The van der Waals surface area contributed by atoms with E-state index in [1.165, 1.54) is 44.2 Å². The first-order valence-corrected chi connectivity index (χ1v) is 7.79. The molecule has 0 unspecified atom stereocenters. The maximum Gasteiger partial charge on any atom is 0.154 e. The molecule has 0 N–H and O–H groups in total. The maximum atomic E-state index is 5.50. The van der Waals surface area contributed by atoms with Crippen molar-refractivity contribution in [1.29, 1.82) is 0 Å². The molecule has 2 rings (SSSR count). The number of hydrogen-bond donors (Lipinski definition) is 0. The van der Waals surface area contributed by atoms with Gasteiger partial charge in [-0.15, -0.1) is 0 Å². The van der Waals surface area contributed by atoms with Crippen LogP contribution >= 0.6 is 0 Å². The van der Waals surface area contributed by atoms with Crippen molar-refractivity contribution >= 4 is 5.57 Å². The van der Waals surface area contributed by atoms with Crippen LogP contribution in [0.5, 0.6) is 0 Å². The van der Waals surface area contributed by atoms with Crippen LogP contribution in [0.25, 0.3) is 5.57 Å². The van der Waals surface area contributed by atoms with Crippen molar-refractivity contribution in [3.63, 3.8) is 0 Å². The first-order valence-electron chi connectivity index (χ1n) is 7.79. The maximum absolute atomic E-state index is 5.50. The molecular formula is C17H25N3. The summed E-state index contributed by atoms with van der Waals surface area (Å²) in [7, 11) is 0. The van der Waals surface area contributed by atoms with E-state index in [0.717, 1.165) is 31.8 Å². The van der Waals surface area contributed by atoms with Gasteiger partial charge in [-0.3, -0.25) is 4.90 Å². The largest absolute Gasteiger partial charge is 0.299 e. The van der Waals surface area contributed by atoms with Gasteiger partial charge in [-0.1, -0.05) is 31.8 Å². The van der Waals surface area contributed by atoms with E-state index in [1.807, 2.05) is 18.5 Å². The summed E-state index contributed by atoms with van der Waals surface area (Å²) in [6.45, 7) is 8.88. The van der Waals surface area contributed by atoms with Gasteiger partial charge in [0.2, 0.25) is 0 Å². The van der Waals surface area contributed by atoms with Crippen LogP contribution < -0.4 is 0 Å². The molecule has 0 aromatic carbocycles. The van der Waals surface area contributed by atoms with Gasteiger partial charge in [-0.05, 0) is 44.4 Å². The highest BCUT2D eigenvalue weighted by Gasteiger charge is 2.13. The number of hydrogen-bond acceptors (Lipinski definition) is 3. The van der Waals surface area contributed by atoms with Crippen molar-refractivity contribution in [1.82, 2.24) is 14.9 Å². The summed E-state index contributed by atoms with van der Waals surface area (Å²) in [6, 6.07) is 1.86. The highest BCUT2D eigenvalue weighted by atomic mass is 15.1. The molecule has 0 saturated carbocycles. The number of rotatable bonds is 8. The molecule has 1 aliphatic heterocycles. The summed E-state index contributed by atoms with van der Waals surface area (Å²) in [5, 5.41) is 0.